The Morgan fingerprint density at radius 2 is 1.48 bits per heavy atom. The Morgan fingerprint density at radius 3 is 2.17 bits per heavy atom. The monoisotopic (exact) mass is 637 g/mol. The molecule has 4 aromatic rings. The molecule has 0 saturated heterocycles. The van der Waals surface area contributed by atoms with E-state index < -0.39 is 17.1 Å². The van der Waals surface area contributed by atoms with Gasteiger partial charge >= 0.3 is 0 Å². The van der Waals surface area contributed by atoms with Crippen molar-refractivity contribution in [1.82, 2.24) is 5.32 Å². The van der Waals surface area contributed by atoms with Crippen molar-refractivity contribution < 1.29 is 14.4 Å². The Bertz CT molecular complexity index is 1640. The largest absolute Gasteiger partial charge is 0.325 e. The highest BCUT2D eigenvalue weighted by molar-refractivity contribution is 8.00. The van der Waals surface area contributed by atoms with Gasteiger partial charge in [0.1, 0.15) is 5.70 Å². The predicted molar refractivity (Wildman–Crippen MR) is 174 cm³/mol. The van der Waals surface area contributed by atoms with E-state index in [1.807, 2.05) is 19.9 Å². The Hall–Kier alpha value is -3.75. The molecule has 0 aromatic heterocycles. The summed E-state index contributed by atoms with van der Waals surface area (Å²) in [6.07, 6.45) is 1.49. The third-order valence-electron chi connectivity index (χ3n) is 6.04. The smallest absolute Gasteiger partial charge is 0.272 e. The van der Waals surface area contributed by atoms with Crippen LogP contribution in [-0.4, -0.2) is 23.0 Å². The van der Waals surface area contributed by atoms with Crippen molar-refractivity contribution in [3.05, 3.63) is 128 Å². The summed E-state index contributed by atoms with van der Waals surface area (Å²) < 4.78 is 0. The number of aryl methyl sites for hydroxylation is 1. The lowest BCUT2D eigenvalue weighted by molar-refractivity contribution is -0.115. The van der Waals surface area contributed by atoms with E-state index in [-0.39, 0.29) is 11.6 Å². The molecule has 4 rings (SSSR count). The number of carbonyl (C=O) groups is 3. The Labute approximate surface area is 263 Å². The first-order chi connectivity index (χ1) is 20.1. The summed E-state index contributed by atoms with van der Waals surface area (Å²) in [5.41, 5.74) is 2.97. The van der Waals surface area contributed by atoms with Gasteiger partial charge in [-0.25, -0.2) is 0 Å². The van der Waals surface area contributed by atoms with Gasteiger partial charge in [-0.3, -0.25) is 14.4 Å². The summed E-state index contributed by atoms with van der Waals surface area (Å²) in [7, 11) is 0. The zero-order chi connectivity index (χ0) is 30.2. The molecular formula is C32H26Cl3N3O3S. The number of carbonyl (C=O) groups excluding carboxylic acids is 3. The second-order valence-electron chi connectivity index (χ2n) is 9.23. The first-order valence-corrected chi connectivity index (χ1v) is 14.8. The molecular weight excluding hydrogens is 613 g/mol. The lowest BCUT2D eigenvalue weighted by atomic mass is 10.1. The van der Waals surface area contributed by atoms with Crippen LogP contribution in [0.2, 0.25) is 15.1 Å². The number of benzene rings is 4. The maximum absolute atomic E-state index is 13.3. The molecule has 0 saturated carbocycles. The molecule has 1 unspecified atom stereocenters. The van der Waals surface area contributed by atoms with Gasteiger partial charge in [-0.2, -0.15) is 0 Å². The summed E-state index contributed by atoms with van der Waals surface area (Å²) >= 11 is 19.8. The third-order valence-corrected chi connectivity index (χ3v) is 7.95. The van der Waals surface area contributed by atoms with E-state index >= 15 is 0 Å². The number of amides is 3. The standard InChI is InChI=1S/C32H26Cl3N3O3S/c1-19-8-10-24(34)18-28(19)37-30(39)20(2)42-26-14-12-25(13-15-26)36-32(41)29(16-22-9-11-23(33)17-27(22)35)38-31(40)21-6-4-3-5-7-21/h3-18,20H,1-2H3,(H,36,41)(H,37,39)(H,38,40)/b29-16-. The maximum Gasteiger partial charge on any atom is 0.272 e. The van der Waals surface area contributed by atoms with Gasteiger partial charge in [0.2, 0.25) is 5.91 Å². The number of nitrogens with one attached hydrogen (secondary N) is 3. The molecule has 42 heavy (non-hydrogen) atoms. The number of rotatable bonds is 9. The van der Waals surface area contributed by atoms with Crippen molar-refractivity contribution in [2.24, 2.45) is 0 Å². The maximum atomic E-state index is 13.3. The molecule has 214 valence electrons. The number of anilines is 2. The molecule has 0 bridgehead atoms. The highest BCUT2D eigenvalue weighted by Crippen LogP contribution is 2.28. The van der Waals surface area contributed by atoms with Crippen molar-refractivity contribution >= 4 is 81.7 Å². The lowest BCUT2D eigenvalue weighted by Crippen LogP contribution is -2.30. The number of hydrogen-bond acceptors (Lipinski definition) is 4. The predicted octanol–water partition coefficient (Wildman–Crippen LogP) is 8.48. The van der Waals surface area contributed by atoms with E-state index in [1.165, 1.54) is 17.8 Å². The molecule has 3 N–H and O–H groups in total. The molecule has 0 aliphatic heterocycles. The minimum Gasteiger partial charge on any atom is -0.325 e. The van der Waals surface area contributed by atoms with E-state index in [2.05, 4.69) is 16.0 Å². The summed E-state index contributed by atoms with van der Waals surface area (Å²) in [4.78, 5) is 39.8. The van der Waals surface area contributed by atoms with E-state index in [0.29, 0.717) is 37.6 Å². The first-order valence-electron chi connectivity index (χ1n) is 12.8. The zero-order valence-corrected chi connectivity index (χ0v) is 25.7. The minimum atomic E-state index is -0.546. The first kappa shape index (κ1) is 31.2. The highest BCUT2D eigenvalue weighted by atomic mass is 35.5. The average Bonchev–Trinajstić information content (AvgIpc) is 2.97. The Kier molecular flexibility index (Phi) is 10.7. The molecule has 0 spiro atoms. The van der Waals surface area contributed by atoms with Crippen LogP contribution in [-0.2, 0) is 9.59 Å². The van der Waals surface area contributed by atoms with Gasteiger partial charge in [0, 0.05) is 36.9 Å². The molecule has 0 heterocycles. The van der Waals surface area contributed by atoms with E-state index in [9.17, 15) is 14.4 Å². The van der Waals surface area contributed by atoms with Crippen LogP contribution in [0.5, 0.6) is 0 Å². The summed E-state index contributed by atoms with van der Waals surface area (Å²) in [5, 5.41) is 9.33. The third kappa shape index (κ3) is 8.63. The normalized spacial score (nSPS) is 11.9. The van der Waals surface area contributed by atoms with Crippen LogP contribution in [0.4, 0.5) is 11.4 Å². The van der Waals surface area contributed by atoms with Crippen LogP contribution in [0.3, 0.4) is 0 Å². The van der Waals surface area contributed by atoms with Gasteiger partial charge in [-0.1, -0.05) is 65.1 Å². The van der Waals surface area contributed by atoms with Crippen LogP contribution in [0.25, 0.3) is 6.08 Å². The van der Waals surface area contributed by atoms with Crippen molar-refractivity contribution in [3.8, 4) is 0 Å². The summed E-state index contributed by atoms with van der Waals surface area (Å²) in [6, 6.07) is 25.8. The molecule has 0 radical (unpaired) electrons. The molecule has 1 atom stereocenters. The second kappa shape index (κ2) is 14.4. The summed E-state index contributed by atoms with van der Waals surface area (Å²) in [5.74, 6) is -1.16. The zero-order valence-electron chi connectivity index (χ0n) is 22.6. The van der Waals surface area contributed by atoms with Gasteiger partial charge in [0.25, 0.3) is 11.8 Å². The molecule has 4 aromatic carbocycles. The highest BCUT2D eigenvalue weighted by Gasteiger charge is 2.18. The Balaban J connectivity index is 1.45. The van der Waals surface area contributed by atoms with Crippen LogP contribution in [0, 0.1) is 6.92 Å². The van der Waals surface area contributed by atoms with Crippen LogP contribution in [0.15, 0.2) is 102 Å². The molecule has 0 aliphatic rings. The molecule has 0 aliphatic carbocycles. The molecule has 0 fully saturated rings. The molecule has 6 nitrogen and oxygen atoms in total. The number of halogens is 3. The SMILES string of the molecule is Cc1ccc(Cl)cc1NC(=O)C(C)Sc1ccc(NC(=O)/C(=C/c2ccc(Cl)cc2Cl)NC(=O)c2ccccc2)cc1. The van der Waals surface area contributed by atoms with Crippen molar-refractivity contribution in [2.75, 3.05) is 10.6 Å². The fourth-order valence-electron chi connectivity index (χ4n) is 3.75. The van der Waals surface area contributed by atoms with Gasteiger partial charge in [0.15, 0.2) is 0 Å². The van der Waals surface area contributed by atoms with E-state index in [1.54, 1.807) is 84.9 Å². The fourth-order valence-corrected chi connectivity index (χ4v) is 5.26. The second-order valence-corrected chi connectivity index (χ2v) is 11.9. The van der Waals surface area contributed by atoms with Gasteiger partial charge in [-0.15, -0.1) is 11.8 Å². The van der Waals surface area contributed by atoms with Crippen molar-refractivity contribution in [2.45, 2.75) is 24.0 Å². The fraction of sp³-hybridized carbons (Fsp3) is 0.0938. The minimum absolute atomic E-state index is 0.00636. The molecule has 10 heteroatoms. The lowest BCUT2D eigenvalue weighted by Gasteiger charge is -2.15. The van der Waals surface area contributed by atoms with Crippen molar-refractivity contribution in [3.63, 3.8) is 0 Å². The van der Waals surface area contributed by atoms with Gasteiger partial charge < -0.3 is 16.0 Å². The van der Waals surface area contributed by atoms with Crippen LogP contribution >= 0.6 is 46.6 Å². The van der Waals surface area contributed by atoms with Gasteiger partial charge in [0.05, 0.1) is 5.25 Å². The number of hydrogen-bond donors (Lipinski definition) is 3. The quantitative estimate of drug-likeness (QED) is 0.127. The van der Waals surface area contributed by atoms with Gasteiger partial charge in [-0.05, 0) is 91.7 Å². The number of thioether (sulfide) groups is 1. The average molecular weight is 639 g/mol. The van der Waals surface area contributed by atoms with E-state index in [0.717, 1.165) is 10.5 Å². The van der Waals surface area contributed by atoms with E-state index in [4.69, 9.17) is 34.8 Å². The topological polar surface area (TPSA) is 87.3 Å². The van der Waals surface area contributed by atoms with Crippen LogP contribution in [0.1, 0.15) is 28.4 Å². The molecule has 3 amide bonds. The Morgan fingerprint density at radius 1 is 0.810 bits per heavy atom. The van der Waals surface area contributed by atoms with Crippen LogP contribution < -0.4 is 16.0 Å². The summed E-state index contributed by atoms with van der Waals surface area (Å²) in [6.45, 7) is 3.71. The van der Waals surface area contributed by atoms with Crippen molar-refractivity contribution in [1.29, 1.82) is 0 Å².